The monoisotopic (exact) mass is 524 g/mol. The van der Waals surface area contributed by atoms with E-state index in [4.69, 9.17) is 0 Å². The third-order valence-corrected chi connectivity index (χ3v) is 10.6. The number of nitrogens with zero attached hydrogens (tertiary/aromatic N) is 5. The van der Waals surface area contributed by atoms with Gasteiger partial charge in [-0.2, -0.15) is 0 Å². The maximum Gasteiger partial charge on any atom is 0.318 e. The van der Waals surface area contributed by atoms with Crippen LogP contribution in [0.25, 0.3) is 0 Å². The first-order valence-corrected chi connectivity index (χ1v) is 14.9. The molecule has 1 N–H and O–H groups in total. The molecular weight excluding hydrogens is 488 g/mol. The van der Waals surface area contributed by atoms with Crippen molar-refractivity contribution in [1.29, 1.82) is 0 Å². The average molecular weight is 525 g/mol. The minimum absolute atomic E-state index is 0.00626. The third kappa shape index (κ3) is 4.81. The molecular formula is C27H36N6O3S. The van der Waals surface area contributed by atoms with Gasteiger partial charge in [-0.1, -0.05) is 30.3 Å². The number of benzene rings is 1. The smallest absolute Gasteiger partial charge is 0.318 e. The lowest BCUT2D eigenvalue weighted by Crippen LogP contribution is -2.68. The van der Waals surface area contributed by atoms with E-state index in [1.165, 1.54) is 18.0 Å². The summed E-state index contributed by atoms with van der Waals surface area (Å²) in [4.78, 5) is 28.6. The topological polar surface area (TPSA) is 98.7 Å². The normalized spacial score (nSPS) is 26.0. The SMILES string of the molecule is C[C@@H]1CN(c2ncc(S(=O)(=O)C3CC3)cn2)C[C@H](C)N1C(=O)NC1CC2(C1)CN(Cc1ccccc1)C2. The zero-order valence-electron chi connectivity index (χ0n) is 21.6. The van der Waals surface area contributed by atoms with Crippen LogP contribution in [-0.2, 0) is 16.4 Å². The van der Waals surface area contributed by atoms with Crippen molar-refractivity contribution in [3.63, 3.8) is 0 Å². The molecule has 4 fully saturated rings. The van der Waals surface area contributed by atoms with E-state index in [1.54, 1.807) is 0 Å². The van der Waals surface area contributed by atoms with Crippen LogP contribution in [0.1, 0.15) is 45.1 Å². The predicted molar refractivity (Wildman–Crippen MR) is 141 cm³/mol. The lowest BCUT2D eigenvalue weighted by Gasteiger charge is -2.59. The summed E-state index contributed by atoms with van der Waals surface area (Å²) in [5, 5.41) is 3.01. The molecule has 2 aliphatic carbocycles. The van der Waals surface area contributed by atoms with Gasteiger partial charge in [-0.05, 0) is 50.5 Å². The summed E-state index contributed by atoms with van der Waals surface area (Å²) >= 11 is 0. The largest absolute Gasteiger partial charge is 0.337 e. The molecule has 2 aromatic rings. The molecule has 37 heavy (non-hydrogen) atoms. The second-order valence-corrected chi connectivity index (χ2v) is 13.9. The molecule has 0 bridgehead atoms. The zero-order valence-corrected chi connectivity index (χ0v) is 22.4. The van der Waals surface area contributed by atoms with Crippen LogP contribution in [0.2, 0.25) is 0 Å². The van der Waals surface area contributed by atoms with Crippen molar-refractivity contribution in [1.82, 2.24) is 25.1 Å². The number of nitrogens with one attached hydrogen (secondary N) is 1. The fourth-order valence-electron chi connectivity index (χ4n) is 6.53. The van der Waals surface area contributed by atoms with E-state index in [0.29, 0.717) is 24.5 Å². The predicted octanol–water partition coefficient (Wildman–Crippen LogP) is 2.69. The Morgan fingerprint density at radius 1 is 1.03 bits per heavy atom. The summed E-state index contributed by atoms with van der Waals surface area (Å²) in [6.07, 6.45) is 6.40. The molecule has 2 saturated carbocycles. The first-order chi connectivity index (χ1) is 17.7. The number of rotatable bonds is 6. The number of likely N-dealkylation sites (tertiary alicyclic amines) is 1. The zero-order chi connectivity index (χ0) is 25.8. The molecule has 1 aromatic carbocycles. The molecule has 1 aromatic heterocycles. The van der Waals surface area contributed by atoms with Gasteiger partial charge in [-0.3, -0.25) is 4.90 Å². The molecule has 0 radical (unpaired) electrons. The maximum atomic E-state index is 13.2. The Labute approximate surface area is 219 Å². The highest BCUT2D eigenvalue weighted by molar-refractivity contribution is 7.92. The van der Waals surface area contributed by atoms with Crippen LogP contribution in [0.4, 0.5) is 10.7 Å². The first-order valence-electron chi connectivity index (χ1n) is 13.4. The van der Waals surface area contributed by atoms with Crippen molar-refractivity contribution >= 4 is 21.8 Å². The second-order valence-electron chi connectivity index (χ2n) is 11.7. The van der Waals surface area contributed by atoms with E-state index in [0.717, 1.165) is 45.3 Å². The van der Waals surface area contributed by atoms with Crippen molar-refractivity contribution in [3.05, 3.63) is 48.3 Å². The number of urea groups is 1. The van der Waals surface area contributed by atoms with E-state index in [-0.39, 0.29) is 34.3 Å². The van der Waals surface area contributed by atoms with Gasteiger partial charge in [0.15, 0.2) is 9.84 Å². The van der Waals surface area contributed by atoms with E-state index in [1.807, 2.05) is 23.6 Å². The molecule has 2 aliphatic heterocycles. The standard InChI is InChI=1S/C27H36N6O3S/c1-19-14-32(25-28-12-24(13-29-25)37(35,36)23-8-9-23)15-20(2)33(19)26(34)30-22-10-27(11-22)17-31(18-27)16-21-6-4-3-5-7-21/h3-7,12-13,19-20,22-23H,8-11,14-18H2,1-2H3,(H,30,34)/t19-,20+. The summed E-state index contributed by atoms with van der Waals surface area (Å²) in [5.41, 5.74) is 1.73. The average Bonchev–Trinajstić information content (AvgIpc) is 3.68. The Balaban J connectivity index is 0.986. The van der Waals surface area contributed by atoms with Gasteiger partial charge in [0, 0.05) is 50.8 Å². The molecule has 6 rings (SSSR count). The highest BCUT2D eigenvalue weighted by Gasteiger charge is 2.52. The Bertz CT molecular complexity index is 1220. The molecule has 3 heterocycles. The Morgan fingerprint density at radius 3 is 2.24 bits per heavy atom. The number of anilines is 1. The fraction of sp³-hybridized carbons (Fsp3) is 0.593. The summed E-state index contributed by atoms with van der Waals surface area (Å²) < 4.78 is 24.9. The summed E-state index contributed by atoms with van der Waals surface area (Å²) in [6, 6.07) is 10.8. The Morgan fingerprint density at radius 2 is 1.65 bits per heavy atom. The molecule has 0 unspecified atom stereocenters. The molecule has 4 aliphatic rings. The molecule has 1 spiro atoms. The second kappa shape index (κ2) is 9.23. The van der Waals surface area contributed by atoms with Crippen LogP contribution < -0.4 is 10.2 Å². The molecule has 2 atom stereocenters. The highest BCUT2D eigenvalue weighted by Crippen LogP contribution is 2.48. The minimum Gasteiger partial charge on any atom is -0.337 e. The van der Waals surface area contributed by atoms with Gasteiger partial charge in [-0.15, -0.1) is 0 Å². The maximum absolute atomic E-state index is 13.2. The minimum atomic E-state index is -3.29. The number of hydrogen-bond acceptors (Lipinski definition) is 7. The summed E-state index contributed by atoms with van der Waals surface area (Å²) in [5.74, 6) is 0.513. The number of carbonyl (C=O) groups is 1. The Hall–Kier alpha value is -2.72. The van der Waals surface area contributed by atoms with Crippen molar-refractivity contribution in [2.75, 3.05) is 31.1 Å². The molecule has 9 nitrogen and oxygen atoms in total. The third-order valence-electron chi connectivity index (χ3n) is 8.40. The molecule has 2 amide bonds. The van der Waals surface area contributed by atoms with Gasteiger partial charge in [-0.25, -0.2) is 23.2 Å². The van der Waals surface area contributed by atoms with Crippen LogP contribution >= 0.6 is 0 Å². The lowest BCUT2D eigenvalue weighted by molar-refractivity contribution is -0.0812. The van der Waals surface area contributed by atoms with Crippen LogP contribution in [-0.4, -0.2) is 83.8 Å². The van der Waals surface area contributed by atoms with Crippen LogP contribution in [0.5, 0.6) is 0 Å². The number of sulfone groups is 1. The molecule has 198 valence electrons. The van der Waals surface area contributed by atoms with Crippen molar-refractivity contribution in [2.24, 2.45) is 5.41 Å². The molecule has 10 heteroatoms. The van der Waals surface area contributed by atoms with E-state index < -0.39 is 9.84 Å². The number of piperazine rings is 1. The van der Waals surface area contributed by atoms with Crippen molar-refractivity contribution in [3.8, 4) is 0 Å². The molecule has 2 saturated heterocycles. The van der Waals surface area contributed by atoms with Gasteiger partial charge < -0.3 is 15.1 Å². The van der Waals surface area contributed by atoms with Crippen molar-refractivity contribution in [2.45, 2.75) is 74.3 Å². The summed E-state index contributed by atoms with van der Waals surface area (Å²) in [7, 11) is -3.29. The van der Waals surface area contributed by atoms with E-state index in [2.05, 4.69) is 50.5 Å². The van der Waals surface area contributed by atoms with Crippen molar-refractivity contribution < 1.29 is 13.2 Å². The summed E-state index contributed by atoms with van der Waals surface area (Å²) in [6.45, 7) is 8.53. The van der Waals surface area contributed by atoms with E-state index >= 15 is 0 Å². The number of carbonyl (C=O) groups excluding carboxylic acids is 1. The van der Waals surface area contributed by atoms with Crippen LogP contribution in [0.15, 0.2) is 47.6 Å². The lowest BCUT2D eigenvalue weighted by atomic mass is 9.60. The highest BCUT2D eigenvalue weighted by atomic mass is 32.2. The van der Waals surface area contributed by atoms with Gasteiger partial charge in [0.1, 0.15) is 4.90 Å². The van der Waals surface area contributed by atoms with Gasteiger partial charge in [0.05, 0.1) is 17.6 Å². The van der Waals surface area contributed by atoms with Gasteiger partial charge >= 0.3 is 6.03 Å². The van der Waals surface area contributed by atoms with Gasteiger partial charge in [0.2, 0.25) is 5.95 Å². The number of aromatic nitrogens is 2. The van der Waals surface area contributed by atoms with Crippen LogP contribution in [0.3, 0.4) is 0 Å². The van der Waals surface area contributed by atoms with Crippen LogP contribution in [0, 0.1) is 5.41 Å². The number of amides is 2. The quantitative estimate of drug-likeness (QED) is 0.620. The van der Waals surface area contributed by atoms with E-state index in [9.17, 15) is 13.2 Å². The number of hydrogen-bond donors (Lipinski definition) is 1. The Kier molecular flexibility index (Phi) is 6.14. The first kappa shape index (κ1) is 24.6. The fourth-order valence-corrected chi connectivity index (χ4v) is 8.07. The van der Waals surface area contributed by atoms with Gasteiger partial charge in [0.25, 0.3) is 0 Å².